The van der Waals surface area contributed by atoms with Gasteiger partial charge in [0.15, 0.2) is 0 Å². The highest BCUT2D eigenvalue weighted by Crippen LogP contribution is 2.05. The van der Waals surface area contributed by atoms with E-state index in [1.165, 1.54) is 12.3 Å². The minimum Gasteiger partial charge on any atom is -0.507 e. The van der Waals surface area contributed by atoms with E-state index >= 15 is 0 Å². The molecule has 4 heteroatoms. The standard InChI is InChI=1S/C5H3BClNO/c6-3-1-5(7)8-2-4(3)9/h1-2,9H. The highest BCUT2D eigenvalue weighted by molar-refractivity contribution is 6.36. The first kappa shape index (κ1) is 6.43. The second kappa shape index (κ2) is 2.27. The zero-order valence-electron chi connectivity index (χ0n) is 4.50. The van der Waals surface area contributed by atoms with Gasteiger partial charge in [0.1, 0.15) is 18.7 Å². The maximum Gasteiger partial charge on any atom is 0.128 e. The normalized spacial score (nSPS) is 9.44. The summed E-state index contributed by atoms with van der Waals surface area (Å²) >= 11 is 5.41. The number of aromatic hydroxyl groups is 1. The number of nitrogens with zero attached hydrogens (tertiary/aromatic N) is 1. The Morgan fingerprint density at radius 1 is 1.67 bits per heavy atom. The smallest absolute Gasteiger partial charge is 0.128 e. The Morgan fingerprint density at radius 2 is 2.33 bits per heavy atom. The molecular formula is C5H3BClNO. The van der Waals surface area contributed by atoms with E-state index in [0.29, 0.717) is 0 Å². The average molecular weight is 139 g/mol. The van der Waals surface area contributed by atoms with Crippen molar-refractivity contribution in [2.75, 3.05) is 0 Å². The van der Waals surface area contributed by atoms with Crippen molar-refractivity contribution >= 4 is 24.9 Å². The summed E-state index contributed by atoms with van der Waals surface area (Å²) < 4.78 is 0. The lowest BCUT2D eigenvalue weighted by Gasteiger charge is -1.95. The molecule has 1 aromatic rings. The molecule has 1 N–H and O–H groups in total. The van der Waals surface area contributed by atoms with Gasteiger partial charge in [-0.15, -0.1) is 0 Å². The molecule has 1 heterocycles. The van der Waals surface area contributed by atoms with E-state index in [1.807, 2.05) is 0 Å². The van der Waals surface area contributed by atoms with Crippen LogP contribution in [0.15, 0.2) is 12.3 Å². The van der Waals surface area contributed by atoms with Crippen LogP contribution in [0.3, 0.4) is 0 Å². The molecule has 0 saturated carbocycles. The van der Waals surface area contributed by atoms with Gasteiger partial charge in [0.25, 0.3) is 0 Å². The molecule has 0 bridgehead atoms. The van der Waals surface area contributed by atoms with Crippen LogP contribution in [0.5, 0.6) is 5.75 Å². The van der Waals surface area contributed by atoms with E-state index in [1.54, 1.807) is 0 Å². The molecule has 0 spiro atoms. The third-order valence-corrected chi connectivity index (χ3v) is 1.09. The van der Waals surface area contributed by atoms with Crippen molar-refractivity contribution in [3.8, 4) is 5.75 Å². The maximum atomic E-state index is 8.80. The molecule has 1 rings (SSSR count). The molecule has 0 unspecified atom stereocenters. The van der Waals surface area contributed by atoms with Crippen LogP contribution >= 0.6 is 11.6 Å². The predicted molar refractivity (Wildman–Crippen MR) is 36.3 cm³/mol. The van der Waals surface area contributed by atoms with Crippen molar-refractivity contribution in [1.29, 1.82) is 0 Å². The van der Waals surface area contributed by atoms with Gasteiger partial charge in [0.05, 0.1) is 6.20 Å². The summed E-state index contributed by atoms with van der Waals surface area (Å²) in [6, 6.07) is 1.39. The van der Waals surface area contributed by atoms with E-state index in [0.717, 1.165) is 0 Å². The van der Waals surface area contributed by atoms with Gasteiger partial charge in [-0.1, -0.05) is 17.1 Å². The van der Waals surface area contributed by atoms with Crippen molar-refractivity contribution < 1.29 is 5.11 Å². The third kappa shape index (κ3) is 1.36. The zero-order chi connectivity index (χ0) is 6.85. The van der Waals surface area contributed by atoms with E-state index in [-0.39, 0.29) is 16.4 Å². The van der Waals surface area contributed by atoms with Crippen LogP contribution in [0.4, 0.5) is 0 Å². The van der Waals surface area contributed by atoms with Gasteiger partial charge in [0, 0.05) is 0 Å². The summed E-state index contributed by atoms with van der Waals surface area (Å²) in [4.78, 5) is 3.57. The van der Waals surface area contributed by atoms with E-state index in [2.05, 4.69) is 4.98 Å². The van der Waals surface area contributed by atoms with Crippen molar-refractivity contribution in [1.82, 2.24) is 4.98 Å². The van der Waals surface area contributed by atoms with Crippen LogP contribution in [0.2, 0.25) is 5.15 Å². The summed E-state index contributed by atoms with van der Waals surface area (Å²) in [5.74, 6) is -0.0422. The Hall–Kier alpha value is -0.695. The lowest BCUT2D eigenvalue weighted by atomic mass is 9.97. The minimum absolute atomic E-state index is 0.0422. The molecule has 0 aromatic carbocycles. The monoisotopic (exact) mass is 139 g/mol. The Labute approximate surface area is 58.9 Å². The van der Waals surface area contributed by atoms with Crippen LogP contribution < -0.4 is 5.46 Å². The summed E-state index contributed by atoms with van der Waals surface area (Å²) in [6.07, 6.45) is 1.21. The first-order chi connectivity index (χ1) is 4.20. The van der Waals surface area contributed by atoms with Crippen LogP contribution in [0, 0.1) is 0 Å². The number of aromatic nitrogens is 1. The molecule has 0 aliphatic carbocycles. The van der Waals surface area contributed by atoms with E-state index < -0.39 is 0 Å². The van der Waals surface area contributed by atoms with Crippen LogP contribution in [0.25, 0.3) is 0 Å². The first-order valence-electron chi connectivity index (χ1n) is 2.30. The van der Waals surface area contributed by atoms with Gasteiger partial charge in [-0.3, -0.25) is 0 Å². The number of hydrogen-bond donors (Lipinski definition) is 1. The van der Waals surface area contributed by atoms with Crippen LogP contribution in [-0.2, 0) is 0 Å². The fraction of sp³-hybridized carbons (Fsp3) is 0. The molecule has 2 radical (unpaired) electrons. The Balaban J connectivity index is 3.17. The fourth-order valence-electron chi connectivity index (χ4n) is 0.437. The molecule has 1 aromatic heterocycles. The van der Waals surface area contributed by atoms with Crippen LogP contribution in [0.1, 0.15) is 0 Å². The molecule has 2 nitrogen and oxygen atoms in total. The number of rotatable bonds is 0. The second-order valence-corrected chi connectivity index (χ2v) is 1.95. The molecular weight excluding hydrogens is 136 g/mol. The molecule has 0 aliphatic rings. The van der Waals surface area contributed by atoms with Crippen molar-refractivity contribution in [3.05, 3.63) is 17.4 Å². The van der Waals surface area contributed by atoms with Crippen LogP contribution in [-0.4, -0.2) is 17.9 Å². The van der Waals surface area contributed by atoms with Crippen molar-refractivity contribution in [3.63, 3.8) is 0 Å². The lowest BCUT2D eigenvalue weighted by Crippen LogP contribution is -2.02. The molecule has 9 heavy (non-hydrogen) atoms. The Morgan fingerprint density at radius 3 is 2.78 bits per heavy atom. The second-order valence-electron chi connectivity index (χ2n) is 1.57. The predicted octanol–water partition coefficient (Wildman–Crippen LogP) is 0.234. The summed E-state index contributed by atoms with van der Waals surface area (Å²) in [6.45, 7) is 0. The first-order valence-corrected chi connectivity index (χ1v) is 2.68. The molecule has 44 valence electrons. The van der Waals surface area contributed by atoms with Gasteiger partial charge < -0.3 is 5.11 Å². The number of halogens is 1. The number of hydrogen-bond acceptors (Lipinski definition) is 2. The SMILES string of the molecule is [B]c1cc(Cl)ncc1O. The van der Waals surface area contributed by atoms with Gasteiger partial charge in [-0.25, -0.2) is 4.98 Å². The van der Waals surface area contributed by atoms with E-state index in [4.69, 9.17) is 24.6 Å². The molecule has 0 fully saturated rings. The summed E-state index contributed by atoms with van der Waals surface area (Å²) in [7, 11) is 5.25. The van der Waals surface area contributed by atoms with Gasteiger partial charge in [-0.05, 0) is 6.07 Å². The third-order valence-electron chi connectivity index (χ3n) is 0.881. The molecule has 0 saturated heterocycles. The fourth-order valence-corrected chi connectivity index (χ4v) is 0.603. The maximum absolute atomic E-state index is 8.80. The molecule has 0 amide bonds. The summed E-state index contributed by atoms with van der Waals surface area (Å²) in [5.41, 5.74) is 0.245. The van der Waals surface area contributed by atoms with Gasteiger partial charge in [0.2, 0.25) is 0 Å². The van der Waals surface area contributed by atoms with E-state index in [9.17, 15) is 0 Å². The highest BCUT2D eigenvalue weighted by atomic mass is 35.5. The van der Waals surface area contributed by atoms with Crippen molar-refractivity contribution in [2.45, 2.75) is 0 Å². The summed E-state index contributed by atoms with van der Waals surface area (Å²) in [5, 5.41) is 9.08. The van der Waals surface area contributed by atoms with Crippen molar-refractivity contribution in [2.24, 2.45) is 0 Å². The lowest BCUT2D eigenvalue weighted by molar-refractivity contribution is 0.477. The minimum atomic E-state index is -0.0422. The molecule has 0 atom stereocenters. The average Bonchev–Trinajstić information content (AvgIpc) is 1.80. The zero-order valence-corrected chi connectivity index (χ0v) is 5.26. The van der Waals surface area contributed by atoms with Gasteiger partial charge >= 0.3 is 0 Å². The molecule has 0 aliphatic heterocycles. The quantitative estimate of drug-likeness (QED) is 0.412. The highest BCUT2D eigenvalue weighted by Gasteiger charge is 1.94. The van der Waals surface area contributed by atoms with Gasteiger partial charge in [-0.2, -0.15) is 0 Å². The topological polar surface area (TPSA) is 33.1 Å². The largest absolute Gasteiger partial charge is 0.507 e. The Bertz CT molecular complexity index is 228. The number of pyridine rings is 1. The Kier molecular flexibility index (Phi) is 1.62.